The molecule has 0 aromatic carbocycles. The molecule has 0 aromatic heterocycles. The minimum absolute atomic E-state index is 0. The van der Waals surface area contributed by atoms with Gasteiger partial charge in [0.25, 0.3) is 0 Å². The molecule has 7 heteroatoms. The summed E-state index contributed by atoms with van der Waals surface area (Å²) in [7, 11) is 9.75. The van der Waals surface area contributed by atoms with Crippen LogP contribution in [-0.2, 0) is 16.5 Å². The van der Waals surface area contributed by atoms with Crippen molar-refractivity contribution in [3.05, 3.63) is 0 Å². The first-order chi connectivity index (χ1) is 8.67. The van der Waals surface area contributed by atoms with E-state index in [0.29, 0.717) is 12.1 Å². The predicted molar refractivity (Wildman–Crippen MR) is 94.4 cm³/mol. The van der Waals surface area contributed by atoms with E-state index in [1.165, 1.54) is 12.8 Å². The van der Waals surface area contributed by atoms with Gasteiger partial charge in [0.15, 0.2) is 0 Å². The quantitative estimate of drug-likeness (QED) is 0.547. The van der Waals surface area contributed by atoms with Crippen LogP contribution in [0, 0.1) is 11.8 Å². The summed E-state index contributed by atoms with van der Waals surface area (Å²) in [6.45, 7) is 13.0. The second-order valence-corrected chi connectivity index (χ2v) is 9.22. The van der Waals surface area contributed by atoms with Crippen LogP contribution < -0.4 is 11.5 Å². The first kappa shape index (κ1) is 33.7. The Labute approximate surface area is 148 Å². The van der Waals surface area contributed by atoms with Crippen molar-refractivity contribution in [1.29, 1.82) is 0 Å². The molecule has 8 N–H and O–H groups in total. The molecule has 0 amide bonds. The Morgan fingerprint density at radius 3 is 0.905 bits per heavy atom. The molecule has 0 saturated carbocycles. The summed E-state index contributed by atoms with van der Waals surface area (Å²) in [5.74, 6) is 1.61. The van der Waals surface area contributed by atoms with Gasteiger partial charge in [-0.2, -0.15) is 0 Å². The molecule has 0 bridgehead atoms. The molecule has 0 heterocycles. The first-order valence-corrected chi connectivity index (χ1v) is 12.6. The van der Waals surface area contributed by atoms with Gasteiger partial charge >= 0.3 is 35.3 Å². The van der Waals surface area contributed by atoms with E-state index in [-0.39, 0.29) is 11.0 Å². The Morgan fingerprint density at radius 1 is 0.667 bits per heavy atom. The van der Waals surface area contributed by atoms with Gasteiger partial charge in [-0.1, -0.05) is 27.7 Å². The van der Waals surface area contributed by atoms with Crippen LogP contribution in [-0.4, -0.2) is 23.0 Å². The van der Waals surface area contributed by atoms with Gasteiger partial charge in [-0.05, 0) is 51.4 Å². The van der Waals surface area contributed by atoms with Crippen LogP contribution in [0.25, 0.3) is 0 Å². The molecule has 0 fully saturated rings. The third-order valence-electron chi connectivity index (χ3n) is 2.40. The molecule has 0 spiro atoms. The zero-order chi connectivity index (χ0) is 15.8. The van der Waals surface area contributed by atoms with Crippen LogP contribution in [0.1, 0.15) is 67.2 Å². The molecule has 0 aliphatic rings. The summed E-state index contributed by atoms with van der Waals surface area (Å²) in [5.41, 5.74) is 11.1. The third-order valence-corrected chi connectivity index (χ3v) is 2.40. The van der Waals surface area contributed by atoms with E-state index in [9.17, 15) is 0 Å². The summed E-state index contributed by atoms with van der Waals surface area (Å²) >= 11 is -0.472. The van der Waals surface area contributed by atoms with E-state index < -0.39 is 16.5 Å². The second kappa shape index (κ2) is 26.0. The molecule has 140 valence electrons. The van der Waals surface area contributed by atoms with Gasteiger partial charge in [-0.25, -0.2) is 0 Å². The van der Waals surface area contributed by atoms with Gasteiger partial charge < -0.3 is 22.4 Å². The van der Waals surface area contributed by atoms with Crippen molar-refractivity contribution < 1.29 is 27.4 Å². The van der Waals surface area contributed by atoms with Crippen molar-refractivity contribution in [1.82, 2.24) is 0 Å². The summed E-state index contributed by atoms with van der Waals surface area (Å²) in [5, 5.41) is 0. The Hall–Kier alpha value is 1.11. The number of hydrogen-bond donors (Lipinski definition) is 2. The molecular weight excluding hydrogens is 494 g/mol. The van der Waals surface area contributed by atoms with Gasteiger partial charge in [0.05, 0.1) is 0 Å². The van der Waals surface area contributed by atoms with Crippen LogP contribution in [0.15, 0.2) is 0 Å². The van der Waals surface area contributed by atoms with Gasteiger partial charge in [-0.15, -0.1) is 0 Å². The zero-order valence-corrected chi connectivity index (χ0v) is 18.1. The molecule has 21 heavy (non-hydrogen) atoms. The van der Waals surface area contributed by atoms with Crippen LogP contribution in [0.3, 0.4) is 0 Å². The van der Waals surface area contributed by atoms with Crippen molar-refractivity contribution in [2.75, 3.05) is 0 Å². The number of rotatable bonds is 6. The van der Waals surface area contributed by atoms with Gasteiger partial charge in [-0.3, -0.25) is 0 Å². The fourth-order valence-electron chi connectivity index (χ4n) is 1.19. The maximum absolute atomic E-state index is 5.54. The number of nitrogens with two attached hydrogens (primary N) is 2. The van der Waals surface area contributed by atoms with Crippen LogP contribution >= 0.6 is 18.8 Å². The van der Waals surface area contributed by atoms with Crippen molar-refractivity contribution in [2.24, 2.45) is 23.3 Å². The topological polar surface area (TPSA) is 115 Å². The Morgan fingerprint density at radius 2 is 0.857 bits per heavy atom. The first-order valence-electron chi connectivity index (χ1n) is 7.00. The predicted octanol–water partition coefficient (Wildman–Crippen LogP) is 3.27. The van der Waals surface area contributed by atoms with E-state index in [1.807, 2.05) is 0 Å². The third kappa shape index (κ3) is 62.5. The monoisotopic (exact) mass is 531 g/mol. The maximum atomic E-state index is 5.54. The molecular formula is C14H38Cl2N2O2Pt. The molecule has 0 aliphatic carbocycles. The molecule has 2 atom stereocenters. The fraction of sp³-hybridized carbons (Fsp3) is 1.00. The Balaban J connectivity index is -0.0000000634. The standard InChI is InChI=1S/2C7H17N.2ClH.2H2O.Pt/c2*1-6(2)4-5-7(3)8;;;;;/h2*6-7H,4-5,8H2,1-3H3;2*1H;2*1H2;/q;;;;;;+2/p-2. The SMILES string of the molecule is CC(C)CCC(C)N.CC(C)CCC(C)N.O.O.[Cl][Pt][Cl]. The molecule has 0 rings (SSSR count). The summed E-state index contributed by atoms with van der Waals surface area (Å²) in [6, 6.07) is 0.773. The summed E-state index contributed by atoms with van der Waals surface area (Å²) in [4.78, 5) is 0. The van der Waals surface area contributed by atoms with Gasteiger partial charge in [0.2, 0.25) is 0 Å². The van der Waals surface area contributed by atoms with E-state index >= 15 is 0 Å². The van der Waals surface area contributed by atoms with Gasteiger partial charge in [0, 0.05) is 12.1 Å². The number of halogens is 2. The molecule has 0 aliphatic heterocycles. The molecule has 4 nitrogen and oxygen atoms in total. The zero-order valence-electron chi connectivity index (χ0n) is 14.4. The van der Waals surface area contributed by atoms with E-state index in [4.69, 9.17) is 30.3 Å². The normalized spacial score (nSPS) is 12.2. The van der Waals surface area contributed by atoms with Crippen molar-refractivity contribution >= 4 is 18.8 Å². The molecule has 0 saturated heterocycles. The average molecular weight is 532 g/mol. The van der Waals surface area contributed by atoms with Crippen molar-refractivity contribution in [3.63, 3.8) is 0 Å². The van der Waals surface area contributed by atoms with E-state index in [0.717, 1.165) is 24.7 Å². The van der Waals surface area contributed by atoms with Crippen LogP contribution in [0.4, 0.5) is 0 Å². The Bertz CT molecular complexity index is 132. The van der Waals surface area contributed by atoms with Crippen LogP contribution in [0.2, 0.25) is 0 Å². The minimum atomic E-state index is -0.472. The van der Waals surface area contributed by atoms with Gasteiger partial charge in [0.1, 0.15) is 0 Å². The second-order valence-electron chi connectivity index (χ2n) is 5.94. The van der Waals surface area contributed by atoms with Crippen molar-refractivity contribution in [3.8, 4) is 0 Å². The van der Waals surface area contributed by atoms with Crippen LogP contribution in [0.5, 0.6) is 0 Å². The van der Waals surface area contributed by atoms with E-state index in [2.05, 4.69) is 41.5 Å². The summed E-state index contributed by atoms with van der Waals surface area (Å²) < 4.78 is 0. The average Bonchev–Trinajstić information content (AvgIpc) is 2.25. The fourth-order valence-corrected chi connectivity index (χ4v) is 1.19. The molecule has 0 aromatic rings. The Kier molecular flexibility index (Phi) is 41.7. The molecule has 0 radical (unpaired) electrons. The molecule has 2 unspecified atom stereocenters. The summed E-state index contributed by atoms with van der Waals surface area (Å²) in [6.07, 6.45) is 4.85. The number of hydrogen-bond acceptors (Lipinski definition) is 2. The van der Waals surface area contributed by atoms with Crippen molar-refractivity contribution in [2.45, 2.75) is 79.3 Å². The van der Waals surface area contributed by atoms with E-state index in [1.54, 1.807) is 0 Å².